The van der Waals surface area contributed by atoms with E-state index in [0.717, 1.165) is 10.2 Å². The number of aromatic amines is 1. The van der Waals surface area contributed by atoms with Crippen LogP contribution in [0.2, 0.25) is 0 Å². The van der Waals surface area contributed by atoms with Crippen LogP contribution in [0.25, 0.3) is 0 Å². The van der Waals surface area contributed by atoms with E-state index >= 15 is 0 Å². The minimum atomic E-state index is -0.334. The maximum Gasteiger partial charge on any atom is 0.296 e. The van der Waals surface area contributed by atoms with Crippen molar-refractivity contribution in [3.63, 3.8) is 0 Å². The molecule has 7 heteroatoms. The molecule has 0 aliphatic carbocycles. The Morgan fingerprint density at radius 3 is 2.88 bits per heavy atom. The fourth-order valence-corrected chi connectivity index (χ4v) is 1.33. The van der Waals surface area contributed by atoms with E-state index in [4.69, 9.17) is 12.2 Å². The second kappa shape index (κ2) is 4.79. The van der Waals surface area contributed by atoms with Gasteiger partial charge in [-0.2, -0.15) is 14.9 Å². The quantitative estimate of drug-likeness (QED) is 0.631. The van der Waals surface area contributed by atoms with Gasteiger partial charge in [0.15, 0.2) is 0 Å². The van der Waals surface area contributed by atoms with Gasteiger partial charge < -0.3 is 0 Å². The molecular weight excluding hydrogens is 238 g/mol. The van der Waals surface area contributed by atoms with Crippen LogP contribution in [0.1, 0.15) is 11.3 Å². The van der Waals surface area contributed by atoms with Crippen LogP contribution in [-0.2, 0) is 0 Å². The Morgan fingerprint density at radius 1 is 1.47 bits per heavy atom. The fraction of sp³-hybridized carbons (Fsp3) is 0.100. The number of rotatable bonds is 2. The molecule has 0 aliphatic rings. The van der Waals surface area contributed by atoms with E-state index in [-0.39, 0.29) is 10.3 Å². The Morgan fingerprint density at radius 2 is 2.18 bits per heavy atom. The zero-order chi connectivity index (χ0) is 12.3. The lowest BCUT2D eigenvalue weighted by molar-refractivity contribution is 0.720. The van der Waals surface area contributed by atoms with Crippen LogP contribution >= 0.6 is 12.2 Å². The standard InChI is InChI=1S/C10H9N5OS/c1-7-9(16)15(10(17)14-13-7)12-6-8-2-4-11-5-3-8/h2-6H,1H3,(H,14,17). The molecule has 0 atom stereocenters. The third-order valence-electron chi connectivity index (χ3n) is 2.04. The summed E-state index contributed by atoms with van der Waals surface area (Å²) in [6.45, 7) is 1.59. The zero-order valence-corrected chi connectivity index (χ0v) is 9.81. The van der Waals surface area contributed by atoms with Gasteiger partial charge in [-0.1, -0.05) is 0 Å². The van der Waals surface area contributed by atoms with E-state index in [1.807, 2.05) is 0 Å². The van der Waals surface area contributed by atoms with Gasteiger partial charge in [-0.3, -0.25) is 14.9 Å². The molecule has 2 aromatic rings. The van der Waals surface area contributed by atoms with E-state index in [2.05, 4.69) is 20.3 Å². The summed E-state index contributed by atoms with van der Waals surface area (Å²) >= 11 is 4.93. The lowest BCUT2D eigenvalue weighted by Crippen LogP contribution is -2.22. The highest BCUT2D eigenvalue weighted by atomic mass is 32.1. The second-order valence-corrected chi connectivity index (χ2v) is 3.64. The minimum Gasteiger partial charge on any atom is -0.265 e. The summed E-state index contributed by atoms with van der Waals surface area (Å²) in [5, 5.41) is 10.3. The van der Waals surface area contributed by atoms with E-state index in [9.17, 15) is 4.79 Å². The SMILES string of the molecule is Cc1n[nH]c(=S)n(N=Cc2ccncc2)c1=O. The van der Waals surface area contributed by atoms with Crippen molar-refractivity contribution in [1.82, 2.24) is 19.9 Å². The number of hydrogen-bond acceptors (Lipinski definition) is 5. The van der Waals surface area contributed by atoms with Crippen LogP contribution < -0.4 is 5.56 Å². The highest BCUT2D eigenvalue weighted by Crippen LogP contribution is 1.92. The second-order valence-electron chi connectivity index (χ2n) is 3.26. The number of aryl methyl sites for hydroxylation is 1. The van der Waals surface area contributed by atoms with Gasteiger partial charge in [-0.15, -0.1) is 0 Å². The summed E-state index contributed by atoms with van der Waals surface area (Å²) in [4.78, 5) is 15.6. The first-order valence-electron chi connectivity index (χ1n) is 4.81. The first-order chi connectivity index (χ1) is 8.18. The van der Waals surface area contributed by atoms with E-state index in [0.29, 0.717) is 5.69 Å². The summed E-state index contributed by atoms with van der Waals surface area (Å²) in [6.07, 6.45) is 4.82. The predicted molar refractivity (Wildman–Crippen MR) is 65.6 cm³/mol. The van der Waals surface area contributed by atoms with Crippen LogP contribution in [0.15, 0.2) is 34.4 Å². The maximum absolute atomic E-state index is 11.7. The lowest BCUT2D eigenvalue weighted by atomic mass is 10.3. The zero-order valence-electron chi connectivity index (χ0n) is 8.99. The molecule has 2 heterocycles. The predicted octanol–water partition coefficient (Wildman–Crippen LogP) is 0.887. The van der Waals surface area contributed by atoms with Crippen molar-refractivity contribution < 1.29 is 0 Å². The molecule has 0 unspecified atom stereocenters. The summed E-state index contributed by atoms with van der Waals surface area (Å²) in [5.74, 6) is 0. The highest BCUT2D eigenvalue weighted by Gasteiger charge is 2.00. The van der Waals surface area contributed by atoms with E-state index < -0.39 is 0 Å². The van der Waals surface area contributed by atoms with Crippen molar-refractivity contribution >= 4 is 18.4 Å². The topological polar surface area (TPSA) is 75.9 Å². The normalized spacial score (nSPS) is 10.9. The molecule has 0 aromatic carbocycles. The first-order valence-corrected chi connectivity index (χ1v) is 5.22. The van der Waals surface area contributed by atoms with Crippen molar-refractivity contribution in [3.05, 3.63) is 50.9 Å². The Balaban J connectivity index is 2.44. The number of aromatic nitrogens is 4. The van der Waals surface area contributed by atoms with Gasteiger partial charge in [0.1, 0.15) is 5.69 Å². The highest BCUT2D eigenvalue weighted by molar-refractivity contribution is 7.71. The van der Waals surface area contributed by atoms with Gasteiger partial charge in [0.25, 0.3) is 5.56 Å². The Labute approximate surface area is 102 Å². The lowest BCUT2D eigenvalue weighted by Gasteiger charge is -1.98. The molecule has 0 amide bonds. The molecule has 0 bridgehead atoms. The molecule has 6 nitrogen and oxygen atoms in total. The maximum atomic E-state index is 11.7. The minimum absolute atomic E-state index is 0.158. The molecule has 0 saturated heterocycles. The number of H-pyrrole nitrogens is 1. The number of nitrogens with zero attached hydrogens (tertiary/aromatic N) is 4. The molecule has 0 radical (unpaired) electrons. The number of nitrogens with one attached hydrogen (secondary N) is 1. The van der Waals surface area contributed by atoms with Crippen LogP contribution in [0.5, 0.6) is 0 Å². The van der Waals surface area contributed by atoms with Gasteiger partial charge in [0.05, 0.1) is 6.21 Å². The molecule has 0 aliphatic heterocycles. The van der Waals surface area contributed by atoms with Gasteiger partial charge in [0.2, 0.25) is 4.77 Å². The van der Waals surface area contributed by atoms with Crippen molar-refractivity contribution in [3.8, 4) is 0 Å². The van der Waals surface area contributed by atoms with Gasteiger partial charge >= 0.3 is 0 Å². The van der Waals surface area contributed by atoms with E-state index in [1.165, 1.54) is 6.21 Å². The average Bonchev–Trinajstić information content (AvgIpc) is 2.35. The first kappa shape index (κ1) is 11.3. The van der Waals surface area contributed by atoms with Crippen LogP contribution in [0, 0.1) is 11.7 Å². The van der Waals surface area contributed by atoms with Crippen molar-refractivity contribution in [2.45, 2.75) is 6.92 Å². The van der Waals surface area contributed by atoms with Gasteiger partial charge in [0, 0.05) is 12.4 Å². The molecule has 2 rings (SSSR count). The Bertz CT molecular complexity index is 658. The molecule has 1 N–H and O–H groups in total. The van der Waals surface area contributed by atoms with Gasteiger partial charge in [-0.25, -0.2) is 0 Å². The largest absolute Gasteiger partial charge is 0.296 e. The number of pyridine rings is 1. The van der Waals surface area contributed by atoms with E-state index in [1.54, 1.807) is 31.5 Å². The molecule has 86 valence electrons. The van der Waals surface area contributed by atoms with Crippen molar-refractivity contribution in [1.29, 1.82) is 0 Å². The summed E-state index contributed by atoms with van der Waals surface area (Å²) in [7, 11) is 0. The molecule has 17 heavy (non-hydrogen) atoms. The molecular formula is C10H9N5OS. The van der Waals surface area contributed by atoms with Crippen molar-refractivity contribution in [2.24, 2.45) is 5.10 Å². The molecule has 2 aromatic heterocycles. The summed E-state index contributed by atoms with van der Waals surface area (Å²) in [6, 6.07) is 3.55. The van der Waals surface area contributed by atoms with Crippen LogP contribution in [0.4, 0.5) is 0 Å². The van der Waals surface area contributed by atoms with Gasteiger partial charge in [-0.05, 0) is 36.8 Å². The fourth-order valence-electron chi connectivity index (χ4n) is 1.15. The summed E-state index contributed by atoms with van der Waals surface area (Å²) in [5.41, 5.74) is 0.806. The smallest absolute Gasteiger partial charge is 0.265 e. The third kappa shape index (κ3) is 2.51. The van der Waals surface area contributed by atoms with Crippen LogP contribution in [0.3, 0.4) is 0 Å². The average molecular weight is 247 g/mol. The molecule has 0 fully saturated rings. The summed E-state index contributed by atoms with van der Waals surface area (Å²) < 4.78 is 1.25. The Hall–Kier alpha value is -2.15. The number of hydrogen-bond donors (Lipinski definition) is 1. The monoisotopic (exact) mass is 247 g/mol. The van der Waals surface area contributed by atoms with Crippen molar-refractivity contribution in [2.75, 3.05) is 0 Å². The molecule has 0 spiro atoms. The van der Waals surface area contributed by atoms with Crippen LogP contribution in [-0.4, -0.2) is 26.1 Å². The Kier molecular flexibility index (Phi) is 3.20. The molecule has 0 saturated carbocycles. The third-order valence-corrected chi connectivity index (χ3v) is 2.31.